The highest BCUT2D eigenvalue weighted by Crippen LogP contribution is 2.18. The summed E-state index contributed by atoms with van der Waals surface area (Å²) in [5, 5.41) is 7.23. The van der Waals surface area contributed by atoms with Gasteiger partial charge in [-0.15, -0.1) is 0 Å². The molecule has 1 fully saturated rings. The summed E-state index contributed by atoms with van der Waals surface area (Å²) in [7, 11) is 2.11. The van der Waals surface area contributed by atoms with Crippen molar-refractivity contribution in [3.63, 3.8) is 0 Å². The molecule has 0 saturated carbocycles. The quantitative estimate of drug-likeness (QED) is 0.749. The van der Waals surface area contributed by atoms with Crippen LogP contribution in [0.4, 0.5) is 11.6 Å². The first-order valence-electron chi connectivity index (χ1n) is 9.29. The zero-order valence-electron chi connectivity index (χ0n) is 16.0. The third-order valence-electron chi connectivity index (χ3n) is 4.98. The Morgan fingerprint density at radius 1 is 1.07 bits per heavy atom. The predicted octanol–water partition coefficient (Wildman–Crippen LogP) is 1.97. The van der Waals surface area contributed by atoms with Gasteiger partial charge in [-0.3, -0.25) is 4.79 Å². The average Bonchev–Trinajstić information content (AvgIpc) is 3.11. The minimum absolute atomic E-state index is 0.234. The van der Waals surface area contributed by atoms with Gasteiger partial charge in [0.2, 0.25) is 0 Å². The lowest BCUT2D eigenvalue weighted by atomic mass is 10.2. The summed E-state index contributed by atoms with van der Waals surface area (Å²) >= 11 is 0. The molecule has 0 aliphatic carbocycles. The molecule has 0 spiro atoms. The van der Waals surface area contributed by atoms with Crippen LogP contribution >= 0.6 is 0 Å². The Labute approximate surface area is 163 Å². The second-order valence-electron chi connectivity index (χ2n) is 6.90. The Morgan fingerprint density at radius 3 is 2.57 bits per heavy atom. The molecule has 4 rings (SSSR count). The van der Waals surface area contributed by atoms with Crippen molar-refractivity contribution in [3.8, 4) is 5.69 Å². The number of hydrogen-bond donors (Lipinski definition) is 1. The van der Waals surface area contributed by atoms with Crippen LogP contribution in [0.25, 0.3) is 5.69 Å². The molecular formula is C20H23N7O. The van der Waals surface area contributed by atoms with Crippen molar-refractivity contribution in [2.75, 3.05) is 43.4 Å². The minimum atomic E-state index is -0.234. The van der Waals surface area contributed by atoms with Crippen molar-refractivity contribution >= 4 is 17.5 Å². The highest BCUT2D eigenvalue weighted by Gasteiger charge is 2.18. The van der Waals surface area contributed by atoms with E-state index in [4.69, 9.17) is 0 Å². The smallest absolute Gasteiger partial charge is 0.260 e. The maximum Gasteiger partial charge on any atom is 0.260 e. The first-order valence-corrected chi connectivity index (χ1v) is 9.29. The monoisotopic (exact) mass is 377 g/mol. The van der Waals surface area contributed by atoms with E-state index < -0.39 is 0 Å². The number of rotatable bonds is 4. The number of benzene rings is 1. The molecule has 8 nitrogen and oxygen atoms in total. The zero-order chi connectivity index (χ0) is 19.5. The Hall–Kier alpha value is -3.26. The van der Waals surface area contributed by atoms with Crippen LogP contribution in [0.15, 0.2) is 48.9 Å². The molecule has 0 bridgehead atoms. The molecule has 0 atom stereocenters. The number of nitrogens with one attached hydrogen (secondary N) is 1. The molecular weight excluding hydrogens is 354 g/mol. The number of hydrogen-bond acceptors (Lipinski definition) is 6. The molecule has 1 aliphatic rings. The summed E-state index contributed by atoms with van der Waals surface area (Å²) in [4.78, 5) is 25.8. The van der Waals surface area contributed by atoms with Gasteiger partial charge in [0, 0.05) is 32.2 Å². The highest BCUT2D eigenvalue weighted by atomic mass is 16.1. The first-order chi connectivity index (χ1) is 13.6. The number of piperazine rings is 1. The van der Waals surface area contributed by atoms with Crippen molar-refractivity contribution in [1.82, 2.24) is 24.6 Å². The second-order valence-corrected chi connectivity index (χ2v) is 6.90. The molecule has 8 heteroatoms. The van der Waals surface area contributed by atoms with Gasteiger partial charge in [0.1, 0.15) is 18.0 Å². The lowest BCUT2D eigenvalue weighted by molar-refractivity contribution is 0.102. The van der Waals surface area contributed by atoms with Gasteiger partial charge in [0.25, 0.3) is 5.91 Å². The fourth-order valence-corrected chi connectivity index (χ4v) is 3.27. The minimum Gasteiger partial charge on any atom is -0.354 e. The van der Waals surface area contributed by atoms with Gasteiger partial charge in [-0.2, -0.15) is 5.10 Å². The summed E-state index contributed by atoms with van der Waals surface area (Å²) in [6.45, 7) is 5.67. The van der Waals surface area contributed by atoms with Crippen LogP contribution < -0.4 is 10.2 Å². The molecule has 3 heterocycles. The van der Waals surface area contributed by atoms with E-state index in [-0.39, 0.29) is 5.91 Å². The van der Waals surface area contributed by atoms with Gasteiger partial charge in [-0.1, -0.05) is 18.2 Å². The number of carbonyl (C=O) groups is 1. The van der Waals surface area contributed by atoms with Crippen LogP contribution in [0.1, 0.15) is 16.1 Å². The summed E-state index contributed by atoms with van der Waals surface area (Å²) in [6.07, 6.45) is 3.07. The van der Waals surface area contributed by atoms with E-state index in [1.165, 1.54) is 6.33 Å². The van der Waals surface area contributed by atoms with E-state index in [1.54, 1.807) is 10.9 Å². The van der Waals surface area contributed by atoms with Crippen LogP contribution in [-0.4, -0.2) is 63.8 Å². The van der Waals surface area contributed by atoms with E-state index in [0.29, 0.717) is 11.4 Å². The summed E-state index contributed by atoms with van der Waals surface area (Å²) in [5.41, 5.74) is 2.21. The largest absolute Gasteiger partial charge is 0.354 e. The van der Waals surface area contributed by atoms with Gasteiger partial charge in [-0.05, 0) is 26.1 Å². The van der Waals surface area contributed by atoms with Crippen molar-refractivity contribution in [1.29, 1.82) is 0 Å². The molecule has 0 unspecified atom stereocenters. The fraction of sp³-hybridized carbons (Fsp3) is 0.300. The Balaban J connectivity index is 1.50. The second kappa shape index (κ2) is 7.77. The Kier molecular flexibility index (Phi) is 5.03. The predicted molar refractivity (Wildman–Crippen MR) is 108 cm³/mol. The third-order valence-corrected chi connectivity index (χ3v) is 4.98. The van der Waals surface area contributed by atoms with Gasteiger partial charge < -0.3 is 15.1 Å². The van der Waals surface area contributed by atoms with Gasteiger partial charge in [-0.25, -0.2) is 14.6 Å². The maximum atomic E-state index is 12.8. The van der Waals surface area contributed by atoms with Crippen molar-refractivity contribution in [2.24, 2.45) is 0 Å². The topological polar surface area (TPSA) is 79.2 Å². The fourth-order valence-electron chi connectivity index (χ4n) is 3.27. The molecule has 1 N–H and O–H groups in total. The standard InChI is InChI=1S/C20H23N7O/c1-15-17(13-23-27(15)16-6-4-3-5-7-16)20(28)24-18-12-19(22-14-21-18)26-10-8-25(2)9-11-26/h3-7,12-14H,8-11H2,1-2H3,(H,21,22,24,28). The number of amides is 1. The van der Waals surface area contributed by atoms with Crippen LogP contribution in [0.5, 0.6) is 0 Å². The average molecular weight is 377 g/mol. The normalized spacial score (nSPS) is 14.9. The maximum absolute atomic E-state index is 12.8. The van der Waals surface area contributed by atoms with E-state index in [1.807, 2.05) is 43.3 Å². The van der Waals surface area contributed by atoms with Crippen molar-refractivity contribution < 1.29 is 4.79 Å². The molecule has 1 amide bonds. The molecule has 1 aromatic carbocycles. The number of likely N-dealkylation sites (N-methyl/N-ethyl adjacent to an activating group) is 1. The number of para-hydroxylation sites is 1. The van der Waals surface area contributed by atoms with Crippen molar-refractivity contribution in [2.45, 2.75) is 6.92 Å². The van der Waals surface area contributed by atoms with Crippen molar-refractivity contribution in [3.05, 3.63) is 60.2 Å². The number of aromatic nitrogens is 4. The SMILES string of the molecule is Cc1c(C(=O)Nc2cc(N3CCN(C)CC3)ncn2)cnn1-c1ccccc1. The van der Waals surface area contributed by atoms with Gasteiger partial charge in [0.05, 0.1) is 23.1 Å². The lowest BCUT2D eigenvalue weighted by Gasteiger charge is -2.33. The van der Waals surface area contributed by atoms with E-state index >= 15 is 0 Å². The number of anilines is 2. The van der Waals surface area contributed by atoms with Crippen LogP contribution in [0.2, 0.25) is 0 Å². The molecule has 2 aromatic heterocycles. The van der Waals surface area contributed by atoms with Gasteiger partial charge in [0.15, 0.2) is 0 Å². The molecule has 1 saturated heterocycles. The number of nitrogens with zero attached hydrogens (tertiary/aromatic N) is 6. The van der Waals surface area contributed by atoms with Crippen LogP contribution in [0, 0.1) is 6.92 Å². The first kappa shape index (κ1) is 18.1. The third kappa shape index (κ3) is 3.72. The van der Waals surface area contributed by atoms with E-state index in [2.05, 4.69) is 37.2 Å². The summed E-state index contributed by atoms with van der Waals surface area (Å²) in [5.74, 6) is 1.08. The zero-order valence-corrected chi connectivity index (χ0v) is 16.0. The summed E-state index contributed by atoms with van der Waals surface area (Å²) in [6, 6.07) is 11.6. The highest BCUT2D eigenvalue weighted by molar-refractivity contribution is 6.04. The molecule has 28 heavy (non-hydrogen) atoms. The molecule has 144 valence electrons. The molecule has 1 aliphatic heterocycles. The molecule has 0 radical (unpaired) electrons. The molecule has 3 aromatic rings. The van der Waals surface area contributed by atoms with E-state index in [0.717, 1.165) is 43.4 Å². The van der Waals surface area contributed by atoms with E-state index in [9.17, 15) is 4.79 Å². The lowest BCUT2D eigenvalue weighted by Crippen LogP contribution is -2.44. The summed E-state index contributed by atoms with van der Waals surface area (Å²) < 4.78 is 1.75. The Bertz CT molecular complexity index is 962. The van der Waals surface area contributed by atoms with Gasteiger partial charge >= 0.3 is 0 Å². The van der Waals surface area contributed by atoms with Crippen LogP contribution in [0.3, 0.4) is 0 Å². The number of carbonyl (C=O) groups excluding carboxylic acids is 1. The Morgan fingerprint density at radius 2 is 1.82 bits per heavy atom. The van der Waals surface area contributed by atoms with Crippen LogP contribution in [-0.2, 0) is 0 Å².